The number of rotatable bonds is 4. The summed E-state index contributed by atoms with van der Waals surface area (Å²) in [6, 6.07) is 5.41. The second kappa shape index (κ2) is 7.79. The highest BCUT2D eigenvalue weighted by Gasteiger charge is 2.36. The molecule has 158 valence electrons. The number of piperazine rings is 1. The van der Waals surface area contributed by atoms with Crippen molar-refractivity contribution in [3.05, 3.63) is 46.6 Å². The Morgan fingerprint density at radius 2 is 1.83 bits per heavy atom. The third-order valence-electron chi connectivity index (χ3n) is 5.13. The molecule has 0 bridgehead atoms. The molecule has 0 radical (unpaired) electrons. The van der Waals surface area contributed by atoms with E-state index >= 15 is 0 Å². The van der Waals surface area contributed by atoms with Gasteiger partial charge in [-0.25, -0.2) is 4.98 Å². The van der Waals surface area contributed by atoms with Gasteiger partial charge < -0.3 is 14.3 Å². The summed E-state index contributed by atoms with van der Waals surface area (Å²) in [6.45, 7) is 3.57. The number of fused-ring (bicyclic) bond motifs is 1. The van der Waals surface area contributed by atoms with Gasteiger partial charge in [0.25, 0.3) is 0 Å². The zero-order chi connectivity index (χ0) is 21.5. The van der Waals surface area contributed by atoms with Crippen molar-refractivity contribution in [3.8, 4) is 0 Å². The van der Waals surface area contributed by atoms with Crippen LogP contribution in [0.4, 0.5) is 24.8 Å². The fourth-order valence-corrected chi connectivity index (χ4v) is 3.86. The van der Waals surface area contributed by atoms with Gasteiger partial charge in [0, 0.05) is 44.4 Å². The predicted octanol–water partition coefficient (Wildman–Crippen LogP) is 4.81. The number of halogens is 4. The molecular weight excluding hydrogens is 421 g/mol. The Morgan fingerprint density at radius 3 is 2.43 bits per heavy atom. The number of anilines is 2. The van der Waals surface area contributed by atoms with Crippen LogP contribution in [0.1, 0.15) is 29.3 Å². The first-order valence-corrected chi connectivity index (χ1v) is 9.81. The number of ketones is 1. The second-order valence-electron chi connectivity index (χ2n) is 6.96. The molecule has 3 aromatic rings. The highest BCUT2D eigenvalue weighted by molar-refractivity contribution is 6.33. The van der Waals surface area contributed by atoms with E-state index in [-0.39, 0.29) is 22.6 Å². The molecular formula is C20H18ClF3N4O2. The molecule has 0 aliphatic carbocycles. The minimum Gasteiger partial charge on any atom is -0.354 e. The molecule has 0 amide bonds. The number of nitrogens with zero attached hydrogens (tertiary/aromatic N) is 4. The topological polar surface area (TPSA) is 62.5 Å². The third-order valence-corrected chi connectivity index (χ3v) is 5.41. The number of pyridine rings is 1. The van der Waals surface area contributed by atoms with Crippen LogP contribution in [0.3, 0.4) is 0 Å². The van der Waals surface area contributed by atoms with Gasteiger partial charge in [0.15, 0.2) is 17.2 Å². The van der Waals surface area contributed by atoms with Crippen LogP contribution in [0.15, 0.2) is 35.0 Å². The number of Topliss-reactive ketones (excluding diaryl/α,β-unsaturated/α-hetero) is 1. The van der Waals surface area contributed by atoms with Gasteiger partial charge in [0.2, 0.25) is 0 Å². The normalized spacial score (nSPS) is 15.1. The maximum Gasteiger partial charge on any atom is 0.417 e. The first-order valence-electron chi connectivity index (χ1n) is 9.43. The van der Waals surface area contributed by atoms with Crippen molar-refractivity contribution >= 4 is 40.0 Å². The number of carbonyl (C=O) groups excluding carboxylic acids is 1. The summed E-state index contributed by atoms with van der Waals surface area (Å²) in [5, 5.41) is 4.24. The van der Waals surface area contributed by atoms with Crippen LogP contribution in [0.25, 0.3) is 11.0 Å². The molecule has 1 aromatic carbocycles. The first kappa shape index (κ1) is 20.5. The maximum atomic E-state index is 13.4. The lowest BCUT2D eigenvalue weighted by Gasteiger charge is -2.35. The zero-order valence-electron chi connectivity index (χ0n) is 16.0. The smallest absolute Gasteiger partial charge is 0.354 e. The summed E-state index contributed by atoms with van der Waals surface area (Å²) in [5.74, 6) is 0.685. The monoisotopic (exact) mass is 438 g/mol. The van der Waals surface area contributed by atoms with E-state index < -0.39 is 11.7 Å². The number of alkyl halides is 3. The highest BCUT2D eigenvalue weighted by atomic mass is 35.5. The molecule has 10 heteroatoms. The lowest BCUT2D eigenvalue weighted by atomic mass is 10.1. The number of carbonyl (C=O) groups is 1. The summed E-state index contributed by atoms with van der Waals surface area (Å²) < 4.78 is 45.5. The van der Waals surface area contributed by atoms with E-state index in [0.29, 0.717) is 49.0 Å². The van der Waals surface area contributed by atoms with Gasteiger partial charge in [-0.2, -0.15) is 13.2 Å². The lowest BCUT2D eigenvalue weighted by molar-refractivity contribution is -0.136. The first-order chi connectivity index (χ1) is 14.3. The minimum absolute atomic E-state index is 0.0305. The van der Waals surface area contributed by atoms with Crippen LogP contribution in [0.2, 0.25) is 5.02 Å². The van der Waals surface area contributed by atoms with E-state index in [0.717, 1.165) is 6.07 Å². The Balaban J connectivity index is 1.55. The van der Waals surface area contributed by atoms with Crippen LogP contribution in [-0.4, -0.2) is 42.1 Å². The number of hydrogen-bond acceptors (Lipinski definition) is 6. The molecule has 0 saturated carbocycles. The van der Waals surface area contributed by atoms with Crippen LogP contribution < -0.4 is 9.80 Å². The van der Waals surface area contributed by atoms with Crippen molar-refractivity contribution in [2.24, 2.45) is 0 Å². The molecule has 1 aliphatic heterocycles. The van der Waals surface area contributed by atoms with E-state index in [2.05, 4.69) is 10.1 Å². The largest absolute Gasteiger partial charge is 0.417 e. The zero-order valence-corrected chi connectivity index (χ0v) is 16.8. The van der Waals surface area contributed by atoms with Gasteiger partial charge in [0.1, 0.15) is 5.82 Å². The Morgan fingerprint density at radius 1 is 1.17 bits per heavy atom. The Kier molecular flexibility index (Phi) is 5.31. The fourth-order valence-electron chi connectivity index (χ4n) is 3.58. The van der Waals surface area contributed by atoms with Gasteiger partial charge >= 0.3 is 6.18 Å². The molecule has 0 atom stereocenters. The Labute approximate surface area is 175 Å². The third kappa shape index (κ3) is 3.69. The SMILES string of the molecule is CCC(=O)c1cnc(N2CCN(c3noc4cccc(C(F)(F)F)c34)CC2)c(Cl)c1. The van der Waals surface area contributed by atoms with Gasteiger partial charge in [-0.1, -0.05) is 29.7 Å². The average Bonchev–Trinajstić information content (AvgIpc) is 3.16. The lowest BCUT2D eigenvalue weighted by Crippen LogP contribution is -2.47. The van der Waals surface area contributed by atoms with Gasteiger partial charge in [-0.3, -0.25) is 4.79 Å². The van der Waals surface area contributed by atoms with Crippen LogP contribution in [0.5, 0.6) is 0 Å². The summed E-state index contributed by atoms with van der Waals surface area (Å²) in [5.41, 5.74) is -0.207. The summed E-state index contributed by atoms with van der Waals surface area (Å²) in [6.07, 6.45) is -2.64. The second-order valence-corrected chi connectivity index (χ2v) is 7.37. The molecule has 2 aromatic heterocycles. The van der Waals surface area contributed by atoms with Gasteiger partial charge in [0.05, 0.1) is 16.0 Å². The van der Waals surface area contributed by atoms with E-state index in [9.17, 15) is 18.0 Å². The van der Waals surface area contributed by atoms with Crippen molar-refractivity contribution < 1.29 is 22.5 Å². The van der Waals surface area contributed by atoms with Crippen LogP contribution in [-0.2, 0) is 6.18 Å². The molecule has 0 N–H and O–H groups in total. The quantitative estimate of drug-likeness (QED) is 0.544. The van der Waals surface area contributed by atoms with E-state index in [1.54, 1.807) is 17.9 Å². The number of hydrogen-bond donors (Lipinski definition) is 0. The number of aromatic nitrogens is 2. The van der Waals surface area contributed by atoms with Crippen LogP contribution in [0, 0.1) is 0 Å². The summed E-state index contributed by atoms with van der Waals surface area (Å²) in [4.78, 5) is 19.8. The van der Waals surface area contributed by atoms with Gasteiger partial charge in [-0.15, -0.1) is 0 Å². The molecule has 6 nitrogen and oxygen atoms in total. The molecule has 0 spiro atoms. The summed E-state index contributed by atoms with van der Waals surface area (Å²) in [7, 11) is 0. The minimum atomic E-state index is -4.50. The van der Waals surface area contributed by atoms with Crippen molar-refractivity contribution in [1.29, 1.82) is 0 Å². The average molecular weight is 439 g/mol. The van der Waals surface area contributed by atoms with Crippen molar-refractivity contribution in [2.45, 2.75) is 19.5 Å². The number of benzene rings is 1. The molecule has 4 rings (SSSR count). The van der Waals surface area contributed by atoms with Crippen molar-refractivity contribution in [1.82, 2.24) is 10.1 Å². The molecule has 0 unspecified atom stereocenters. The van der Waals surface area contributed by atoms with Crippen LogP contribution >= 0.6 is 11.6 Å². The predicted molar refractivity (Wildman–Crippen MR) is 107 cm³/mol. The van der Waals surface area contributed by atoms with Crippen molar-refractivity contribution in [3.63, 3.8) is 0 Å². The van der Waals surface area contributed by atoms with E-state index in [1.807, 2.05) is 4.90 Å². The Bertz CT molecular complexity index is 1090. The van der Waals surface area contributed by atoms with E-state index in [4.69, 9.17) is 16.1 Å². The maximum absolute atomic E-state index is 13.4. The summed E-state index contributed by atoms with van der Waals surface area (Å²) >= 11 is 6.33. The molecule has 1 saturated heterocycles. The van der Waals surface area contributed by atoms with Gasteiger partial charge in [-0.05, 0) is 18.2 Å². The van der Waals surface area contributed by atoms with E-state index in [1.165, 1.54) is 18.3 Å². The van der Waals surface area contributed by atoms with Crippen molar-refractivity contribution in [2.75, 3.05) is 36.0 Å². The molecule has 30 heavy (non-hydrogen) atoms. The molecule has 3 heterocycles. The highest BCUT2D eigenvalue weighted by Crippen LogP contribution is 2.39. The fraction of sp³-hybridized carbons (Fsp3) is 0.350. The Hall–Kier alpha value is -2.81. The standard InChI is InChI=1S/C20H18ClF3N4O2/c1-2-15(29)12-10-14(21)18(25-11-12)27-6-8-28(9-7-27)19-17-13(20(22,23)24)4-3-5-16(17)30-26-19/h3-5,10-11H,2,6-9H2,1H3. The molecule has 1 aliphatic rings. The molecule has 1 fully saturated rings.